The maximum absolute atomic E-state index is 11.7. The highest BCUT2D eigenvalue weighted by molar-refractivity contribution is 6.76. The molecule has 4 rings (SSSR count). The minimum atomic E-state index is -1.20. The molecular weight excluding hydrogens is 510 g/mol. The normalized spacial score (nSPS) is 15.9. The molecule has 200 valence electrons. The van der Waals surface area contributed by atoms with Crippen molar-refractivity contribution in [2.24, 2.45) is 0 Å². The molecule has 0 spiro atoms. The Morgan fingerprint density at radius 3 is 2.62 bits per heavy atom. The molecular formula is C25H36ClN7O3Si. The van der Waals surface area contributed by atoms with Crippen LogP contribution in [0.1, 0.15) is 17.8 Å². The summed E-state index contributed by atoms with van der Waals surface area (Å²) in [4.78, 5) is 23.7. The number of aryl methyl sites for hydroxylation is 2. The summed E-state index contributed by atoms with van der Waals surface area (Å²) < 4.78 is 15.2. The summed E-state index contributed by atoms with van der Waals surface area (Å²) in [6.07, 6.45) is 1.69. The highest BCUT2D eigenvalue weighted by Gasteiger charge is 2.28. The fourth-order valence-electron chi connectivity index (χ4n) is 4.28. The number of hydrogen-bond acceptors (Lipinski definition) is 7. The van der Waals surface area contributed by atoms with E-state index in [1.807, 2.05) is 36.6 Å². The molecule has 0 bridgehead atoms. The molecule has 3 aromatic rings. The molecule has 1 atom stereocenters. The zero-order valence-electron chi connectivity index (χ0n) is 22.4. The Kier molecular flexibility index (Phi) is 8.25. The smallest absolute Gasteiger partial charge is 0.407 e. The number of rotatable bonds is 9. The second-order valence-corrected chi connectivity index (χ2v) is 16.6. The van der Waals surface area contributed by atoms with Crippen LogP contribution in [-0.4, -0.2) is 71.3 Å². The van der Waals surface area contributed by atoms with E-state index in [1.54, 1.807) is 17.9 Å². The molecule has 0 radical (unpaired) electrons. The summed E-state index contributed by atoms with van der Waals surface area (Å²) in [5.41, 5.74) is 3.38. The van der Waals surface area contributed by atoms with Crippen molar-refractivity contribution in [1.29, 1.82) is 0 Å². The average Bonchev–Trinajstić information content (AvgIpc) is 3.54. The SMILES string of the molecule is CNC(=O)O[C@@H]1CCN(c2cc(-c3c(Cl)cnn3COCC[Si](C)(C)C)nc(-n3c(C)ccc3C)n2)C1. The average molecular weight is 546 g/mol. The van der Waals surface area contributed by atoms with Crippen molar-refractivity contribution in [3.05, 3.63) is 40.8 Å². The second-order valence-electron chi connectivity index (χ2n) is 10.6. The van der Waals surface area contributed by atoms with Crippen molar-refractivity contribution in [3.63, 3.8) is 0 Å². The van der Waals surface area contributed by atoms with Gasteiger partial charge in [-0.2, -0.15) is 10.1 Å². The van der Waals surface area contributed by atoms with Crippen LogP contribution in [0.15, 0.2) is 24.4 Å². The molecule has 0 saturated carbocycles. The number of nitrogens with zero attached hydrogens (tertiary/aromatic N) is 6. The summed E-state index contributed by atoms with van der Waals surface area (Å²) in [6.45, 7) is 13.2. The summed E-state index contributed by atoms with van der Waals surface area (Å²) in [7, 11) is 0.354. The lowest BCUT2D eigenvalue weighted by molar-refractivity contribution is 0.0797. The number of carbonyl (C=O) groups is 1. The van der Waals surface area contributed by atoms with E-state index < -0.39 is 14.2 Å². The van der Waals surface area contributed by atoms with Crippen LogP contribution in [0.5, 0.6) is 0 Å². The van der Waals surface area contributed by atoms with Gasteiger partial charge in [-0.1, -0.05) is 31.2 Å². The Labute approximate surface area is 223 Å². The molecule has 0 aliphatic carbocycles. The molecule has 0 aromatic carbocycles. The van der Waals surface area contributed by atoms with Gasteiger partial charge in [-0.25, -0.2) is 14.5 Å². The number of amides is 1. The molecule has 1 saturated heterocycles. The first kappa shape index (κ1) is 27.1. The van der Waals surface area contributed by atoms with E-state index >= 15 is 0 Å². The zero-order valence-corrected chi connectivity index (χ0v) is 24.2. The van der Waals surface area contributed by atoms with Gasteiger partial charge in [0.15, 0.2) is 0 Å². The van der Waals surface area contributed by atoms with Gasteiger partial charge < -0.3 is 19.7 Å². The maximum Gasteiger partial charge on any atom is 0.407 e. The monoisotopic (exact) mass is 545 g/mol. The van der Waals surface area contributed by atoms with Crippen molar-refractivity contribution in [1.82, 2.24) is 29.6 Å². The van der Waals surface area contributed by atoms with E-state index in [-0.39, 0.29) is 12.8 Å². The molecule has 1 N–H and O–H groups in total. The number of hydrogen-bond donors (Lipinski definition) is 1. The van der Waals surface area contributed by atoms with Gasteiger partial charge in [0.2, 0.25) is 5.95 Å². The predicted octanol–water partition coefficient (Wildman–Crippen LogP) is 4.65. The summed E-state index contributed by atoms with van der Waals surface area (Å²) in [5, 5.41) is 7.47. The topological polar surface area (TPSA) is 99.3 Å². The lowest BCUT2D eigenvalue weighted by atomic mass is 10.2. The van der Waals surface area contributed by atoms with Gasteiger partial charge in [-0.15, -0.1) is 0 Å². The van der Waals surface area contributed by atoms with Crippen LogP contribution in [0.4, 0.5) is 10.6 Å². The van der Waals surface area contributed by atoms with Crippen LogP contribution in [0.25, 0.3) is 17.3 Å². The van der Waals surface area contributed by atoms with Crippen LogP contribution >= 0.6 is 11.6 Å². The number of aromatic nitrogens is 5. The Morgan fingerprint density at radius 2 is 1.95 bits per heavy atom. The number of nitrogens with one attached hydrogen (secondary N) is 1. The minimum absolute atomic E-state index is 0.217. The lowest BCUT2D eigenvalue weighted by Gasteiger charge is -2.20. The lowest BCUT2D eigenvalue weighted by Crippen LogP contribution is -2.29. The highest BCUT2D eigenvalue weighted by Crippen LogP contribution is 2.31. The molecule has 1 aliphatic heterocycles. The van der Waals surface area contributed by atoms with Gasteiger partial charge >= 0.3 is 6.09 Å². The molecule has 10 nitrogen and oxygen atoms in total. The van der Waals surface area contributed by atoms with Gasteiger partial charge in [0.25, 0.3) is 0 Å². The molecule has 1 fully saturated rings. The van der Waals surface area contributed by atoms with E-state index in [4.69, 9.17) is 31.0 Å². The fourth-order valence-corrected chi connectivity index (χ4v) is 5.27. The largest absolute Gasteiger partial charge is 0.444 e. The van der Waals surface area contributed by atoms with E-state index in [1.165, 1.54) is 0 Å². The summed E-state index contributed by atoms with van der Waals surface area (Å²) in [5.74, 6) is 1.28. The first-order valence-electron chi connectivity index (χ1n) is 12.5. The highest BCUT2D eigenvalue weighted by atomic mass is 35.5. The maximum atomic E-state index is 11.7. The minimum Gasteiger partial charge on any atom is -0.444 e. The summed E-state index contributed by atoms with van der Waals surface area (Å²) in [6, 6.07) is 7.07. The zero-order chi connectivity index (χ0) is 26.7. The van der Waals surface area contributed by atoms with Crippen LogP contribution in [0.2, 0.25) is 30.7 Å². The van der Waals surface area contributed by atoms with Crippen molar-refractivity contribution in [3.8, 4) is 17.3 Å². The van der Waals surface area contributed by atoms with Crippen molar-refractivity contribution in [2.75, 3.05) is 31.6 Å². The Hall–Kier alpha value is -2.89. The van der Waals surface area contributed by atoms with Gasteiger partial charge in [-0.3, -0.25) is 4.57 Å². The quantitative estimate of drug-likeness (QED) is 0.308. The third-order valence-corrected chi connectivity index (χ3v) is 8.35. The predicted molar refractivity (Wildman–Crippen MR) is 147 cm³/mol. The Bertz CT molecular complexity index is 1230. The molecule has 12 heteroatoms. The van der Waals surface area contributed by atoms with Crippen LogP contribution in [0.3, 0.4) is 0 Å². The van der Waals surface area contributed by atoms with Crippen LogP contribution in [0, 0.1) is 13.8 Å². The summed E-state index contributed by atoms with van der Waals surface area (Å²) >= 11 is 6.64. The Balaban J connectivity index is 1.68. The van der Waals surface area contributed by atoms with E-state index in [0.29, 0.717) is 48.5 Å². The molecule has 0 unspecified atom stereocenters. The number of alkyl carbamates (subject to hydrolysis) is 1. The van der Waals surface area contributed by atoms with Crippen molar-refractivity contribution < 1.29 is 14.3 Å². The van der Waals surface area contributed by atoms with E-state index in [9.17, 15) is 4.79 Å². The second kappa shape index (κ2) is 11.2. The molecule has 3 aromatic heterocycles. The standard InChI is InChI=1S/C25H36ClN7O3Si/c1-17-7-8-18(2)33(17)24-29-21(13-22(30-24)31-10-9-19(15-31)36-25(34)27-3)23-20(26)14-28-32(23)16-35-11-12-37(4,5)6/h7-8,13-14,19H,9-12,15-16H2,1-6H3,(H,27,34)/t19-/m1/s1. The van der Waals surface area contributed by atoms with Gasteiger partial charge in [-0.05, 0) is 32.0 Å². The number of carbonyl (C=O) groups excluding carboxylic acids is 1. The number of anilines is 1. The molecule has 1 aliphatic rings. The van der Waals surface area contributed by atoms with Crippen LogP contribution in [-0.2, 0) is 16.2 Å². The van der Waals surface area contributed by atoms with Crippen molar-refractivity contribution in [2.45, 2.75) is 58.8 Å². The first-order chi connectivity index (χ1) is 17.6. The van der Waals surface area contributed by atoms with Gasteiger partial charge in [0.1, 0.15) is 24.3 Å². The van der Waals surface area contributed by atoms with Crippen molar-refractivity contribution >= 4 is 31.6 Å². The first-order valence-corrected chi connectivity index (χ1v) is 16.6. The molecule has 37 heavy (non-hydrogen) atoms. The van der Waals surface area contributed by atoms with Gasteiger partial charge in [0, 0.05) is 52.1 Å². The molecule has 1 amide bonds. The fraction of sp³-hybridized carbons (Fsp3) is 0.520. The molecule has 4 heterocycles. The Morgan fingerprint density at radius 1 is 1.22 bits per heavy atom. The van der Waals surface area contributed by atoms with Gasteiger partial charge in [0.05, 0.1) is 23.5 Å². The third-order valence-electron chi connectivity index (χ3n) is 6.37. The third kappa shape index (κ3) is 6.52. The number of halogens is 1. The number of ether oxygens (including phenoxy) is 2. The van der Waals surface area contributed by atoms with Crippen LogP contribution < -0.4 is 10.2 Å². The van der Waals surface area contributed by atoms with E-state index in [2.05, 4.69) is 35.0 Å². The van der Waals surface area contributed by atoms with E-state index in [0.717, 1.165) is 23.2 Å².